The van der Waals surface area contributed by atoms with Crippen molar-refractivity contribution in [3.05, 3.63) is 63.1 Å². The summed E-state index contributed by atoms with van der Waals surface area (Å²) in [5.74, 6) is -0.534. The van der Waals surface area contributed by atoms with Gasteiger partial charge in [0, 0.05) is 4.47 Å². The molecule has 0 saturated carbocycles. The molecule has 0 aliphatic carbocycles. The molecule has 9 heteroatoms. The highest BCUT2D eigenvalue weighted by atomic mass is 79.9. The number of benzene rings is 2. The Kier molecular flexibility index (Phi) is 7.58. The fraction of sp³-hybridized carbons (Fsp3) is 0.167. The van der Waals surface area contributed by atoms with E-state index in [1.165, 1.54) is 0 Å². The van der Waals surface area contributed by atoms with Crippen molar-refractivity contribution in [2.75, 3.05) is 0 Å². The SMILES string of the molecule is CC(C)Oc1ccc(Br)cc1C(=O)NC(=S)NNC(=O)c1ccccc1Cl. The number of hydrazine groups is 1. The van der Waals surface area contributed by atoms with Crippen LogP contribution in [0.3, 0.4) is 0 Å². The number of ether oxygens (including phenoxy) is 1. The molecule has 6 nitrogen and oxygen atoms in total. The topological polar surface area (TPSA) is 79.5 Å². The van der Waals surface area contributed by atoms with E-state index in [1.807, 2.05) is 13.8 Å². The minimum Gasteiger partial charge on any atom is -0.490 e. The van der Waals surface area contributed by atoms with Gasteiger partial charge in [0.2, 0.25) is 0 Å². The molecule has 3 N–H and O–H groups in total. The predicted octanol–water partition coefficient (Wildman–Crippen LogP) is 3.84. The summed E-state index contributed by atoms with van der Waals surface area (Å²) >= 11 is 14.3. The highest BCUT2D eigenvalue weighted by Gasteiger charge is 2.16. The van der Waals surface area contributed by atoms with Gasteiger partial charge in [-0.15, -0.1) is 0 Å². The molecular weight excluding hydrogens is 454 g/mol. The van der Waals surface area contributed by atoms with Crippen LogP contribution in [0.2, 0.25) is 5.02 Å². The Labute approximate surface area is 175 Å². The molecule has 0 heterocycles. The molecule has 0 aliphatic heterocycles. The first-order valence-corrected chi connectivity index (χ1v) is 9.48. The molecular formula is C18H17BrClN3O3S. The summed E-state index contributed by atoms with van der Waals surface area (Å²) in [6.07, 6.45) is -0.0993. The fourth-order valence-corrected chi connectivity index (χ4v) is 2.79. The summed E-state index contributed by atoms with van der Waals surface area (Å²) < 4.78 is 6.36. The van der Waals surface area contributed by atoms with Crippen molar-refractivity contribution < 1.29 is 14.3 Å². The summed E-state index contributed by atoms with van der Waals surface area (Å²) in [4.78, 5) is 24.6. The quantitative estimate of drug-likeness (QED) is 0.467. The summed E-state index contributed by atoms with van der Waals surface area (Å²) in [6.45, 7) is 3.72. The zero-order valence-electron chi connectivity index (χ0n) is 14.5. The van der Waals surface area contributed by atoms with E-state index in [0.717, 1.165) is 4.47 Å². The Morgan fingerprint density at radius 1 is 1.07 bits per heavy atom. The van der Waals surface area contributed by atoms with Gasteiger partial charge in [-0.05, 0) is 56.4 Å². The maximum atomic E-state index is 12.5. The first-order valence-electron chi connectivity index (χ1n) is 7.90. The minimum absolute atomic E-state index is 0.0733. The summed E-state index contributed by atoms with van der Waals surface area (Å²) in [6, 6.07) is 11.6. The van der Waals surface area contributed by atoms with Crippen molar-refractivity contribution in [1.82, 2.24) is 16.2 Å². The molecule has 0 unspecified atom stereocenters. The molecule has 0 radical (unpaired) electrons. The van der Waals surface area contributed by atoms with E-state index >= 15 is 0 Å². The lowest BCUT2D eigenvalue weighted by Crippen LogP contribution is -2.48. The Bertz CT molecular complexity index is 877. The van der Waals surface area contributed by atoms with Gasteiger partial charge in [-0.1, -0.05) is 39.7 Å². The Morgan fingerprint density at radius 3 is 2.44 bits per heavy atom. The van der Waals surface area contributed by atoms with Crippen LogP contribution in [0.25, 0.3) is 0 Å². The largest absolute Gasteiger partial charge is 0.490 e. The number of amides is 2. The van der Waals surface area contributed by atoms with E-state index in [1.54, 1.807) is 42.5 Å². The molecule has 0 aromatic heterocycles. The summed E-state index contributed by atoms with van der Waals surface area (Å²) in [5, 5.41) is 2.72. The van der Waals surface area contributed by atoms with Gasteiger partial charge in [0.1, 0.15) is 5.75 Å². The smallest absolute Gasteiger partial charge is 0.271 e. The molecule has 2 rings (SSSR count). The van der Waals surface area contributed by atoms with Crippen LogP contribution >= 0.6 is 39.7 Å². The van der Waals surface area contributed by atoms with E-state index in [4.69, 9.17) is 28.6 Å². The number of thiocarbonyl (C=S) groups is 1. The van der Waals surface area contributed by atoms with Crippen molar-refractivity contribution in [2.24, 2.45) is 0 Å². The molecule has 0 saturated heterocycles. The zero-order chi connectivity index (χ0) is 20.0. The van der Waals surface area contributed by atoms with Crippen LogP contribution < -0.4 is 20.9 Å². The van der Waals surface area contributed by atoms with E-state index < -0.39 is 11.8 Å². The Morgan fingerprint density at radius 2 is 1.78 bits per heavy atom. The molecule has 0 atom stereocenters. The molecule has 0 fully saturated rings. The Balaban J connectivity index is 2.00. The first kappa shape index (κ1) is 21.1. The van der Waals surface area contributed by atoms with Crippen LogP contribution in [0.1, 0.15) is 34.6 Å². The van der Waals surface area contributed by atoms with Gasteiger partial charge in [0.05, 0.1) is 22.3 Å². The standard InChI is InChI=1S/C18H17BrClN3O3S/c1-10(2)26-15-8-7-11(19)9-13(15)16(24)21-18(27)23-22-17(25)12-5-3-4-6-14(12)20/h3-10H,1-2H3,(H,22,25)(H2,21,23,24,27). The van der Waals surface area contributed by atoms with E-state index in [9.17, 15) is 9.59 Å². The highest BCUT2D eigenvalue weighted by Crippen LogP contribution is 2.24. The second kappa shape index (κ2) is 9.68. The molecule has 0 spiro atoms. The number of carbonyl (C=O) groups excluding carboxylic acids is 2. The number of carbonyl (C=O) groups is 2. The number of halogens is 2. The molecule has 142 valence electrons. The molecule has 27 heavy (non-hydrogen) atoms. The highest BCUT2D eigenvalue weighted by molar-refractivity contribution is 9.10. The Hall–Kier alpha value is -2.16. The molecule has 0 aliphatic rings. The van der Waals surface area contributed by atoms with Crippen LogP contribution in [-0.4, -0.2) is 23.0 Å². The van der Waals surface area contributed by atoms with Gasteiger partial charge < -0.3 is 4.74 Å². The van der Waals surface area contributed by atoms with Crippen molar-refractivity contribution in [3.63, 3.8) is 0 Å². The lowest BCUT2D eigenvalue weighted by atomic mass is 10.2. The van der Waals surface area contributed by atoms with Crippen molar-refractivity contribution in [2.45, 2.75) is 20.0 Å². The van der Waals surface area contributed by atoms with Crippen LogP contribution in [0.5, 0.6) is 5.75 Å². The number of nitrogens with one attached hydrogen (secondary N) is 3. The lowest BCUT2D eigenvalue weighted by Gasteiger charge is -2.15. The second-order valence-electron chi connectivity index (χ2n) is 5.65. The van der Waals surface area contributed by atoms with Gasteiger partial charge in [0.25, 0.3) is 11.8 Å². The van der Waals surface area contributed by atoms with Gasteiger partial charge in [-0.2, -0.15) is 0 Å². The fourth-order valence-electron chi connectivity index (χ4n) is 2.06. The second-order valence-corrected chi connectivity index (χ2v) is 7.38. The average molecular weight is 471 g/mol. The van der Waals surface area contributed by atoms with Gasteiger partial charge >= 0.3 is 0 Å². The van der Waals surface area contributed by atoms with Crippen molar-refractivity contribution in [1.29, 1.82) is 0 Å². The van der Waals surface area contributed by atoms with Crippen molar-refractivity contribution >= 4 is 56.7 Å². The molecule has 0 bridgehead atoms. The monoisotopic (exact) mass is 469 g/mol. The molecule has 2 aromatic carbocycles. The first-order chi connectivity index (χ1) is 12.8. The van der Waals surface area contributed by atoms with E-state index in [0.29, 0.717) is 16.3 Å². The van der Waals surface area contributed by atoms with Crippen molar-refractivity contribution in [3.8, 4) is 5.75 Å². The maximum Gasteiger partial charge on any atom is 0.271 e. The molecule has 2 aromatic rings. The lowest BCUT2D eigenvalue weighted by molar-refractivity contribution is 0.0933. The minimum atomic E-state index is -0.483. The third kappa shape index (κ3) is 6.20. The van der Waals surface area contributed by atoms with Crippen LogP contribution in [-0.2, 0) is 0 Å². The number of rotatable bonds is 4. The van der Waals surface area contributed by atoms with Crippen LogP contribution in [0, 0.1) is 0 Å². The van der Waals surface area contributed by atoms with Gasteiger partial charge in [-0.25, -0.2) is 0 Å². The van der Waals surface area contributed by atoms with E-state index in [-0.39, 0.29) is 16.8 Å². The zero-order valence-corrected chi connectivity index (χ0v) is 17.7. The third-order valence-electron chi connectivity index (χ3n) is 3.18. The third-order valence-corrected chi connectivity index (χ3v) is 4.21. The predicted molar refractivity (Wildman–Crippen MR) is 112 cm³/mol. The van der Waals surface area contributed by atoms with E-state index in [2.05, 4.69) is 32.1 Å². The number of hydrogen-bond acceptors (Lipinski definition) is 4. The maximum absolute atomic E-state index is 12.5. The van der Waals surface area contributed by atoms with Crippen LogP contribution in [0.15, 0.2) is 46.9 Å². The normalized spacial score (nSPS) is 10.3. The summed E-state index contributed by atoms with van der Waals surface area (Å²) in [5.41, 5.74) is 5.44. The van der Waals surface area contributed by atoms with Gasteiger partial charge in [0.15, 0.2) is 5.11 Å². The molecule has 2 amide bonds. The summed E-state index contributed by atoms with van der Waals surface area (Å²) in [7, 11) is 0. The average Bonchev–Trinajstić information content (AvgIpc) is 2.61. The van der Waals surface area contributed by atoms with Crippen LogP contribution in [0.4, 0.5) is 0 Å². The van der Waals surface area contributed by atoms with Gasteiger partial charge in [-0.3, -0.25) is 25.8 Å². The number of hydrogen-bond donors (Lipinski definition) is 3.